The average molecular weight is 467 g/mol. The van der Waals surface area contributed by atoms with E-state index in [1.807, 2.05) is 44.2 Å². The summed E-state index contributed by atoms with van der Waals surface area (Å²) in [7, 11) is 0. The highest BCUT2D eigenvalue weighted by molar-refractivity contribution is 7.99. The van der Waals surface area contributed by atoms with Crippen molar-refractivity contribution in [2.75, 3.05) is 17.6 Å². The van der Waals surface area contributed by atoms with Gasteiger partial charge in [0.1, 0.15) is 0 Å². The number of carbonyl (C=O) groups excluding carboxylic acids is 2. The van der Waals surface area contributed by atoms with Gasteiger partial charge in [0.2, 0.25) is 11.8 Å². The van der Waals surface area contributed by atoms with E-state index in [2.05, 4.69) is 29.5 Å². The second kappa shape index (κ2) is 11.1. The Morgan fingerprint density at radius 3 is 2.42 bits per heavy atom. The van der Waals surface area contributed by atoms with Gasteiger partial charge in [0.15, 0.2) is 5.16 Å². The van der Waals surface area contributed by atoms with Crippen molar-refractivity contribution in [1.29, 1.82) is 0 Å². The van der Waals surface area contributed by atoms with Crippen molar-refractivity contribution in [2.24, 2.45) is 5.92 Å². The lowest BCUT2D eigenvalue weighted by Crippen LogP contribution is -2.34. The molecule has 3 aromatic rings. The minimum Gasteiger partial charge on any atom is -0.346 e. The molecule has 3 rings (SSSR count). The highest BCUT2D eigenvalue weighted by Gasteiger charge is 2.14. The molecule has 0 saturated carbocycles. The summed E-state index contributed by atoms with van der Waals surface area (Å²) in [5.74, 6) is -0.0961. The lowest BCUT2D eigenvalue weighted by Gasteiger charge is -2.14. The second-order valence-corrected chi connectivity index (χ2v) is 9.37. The van der Waals surface area contributed by atoms with Crippen LogP contribution in [0.2, 0.25) is 0 Å². The minimum absolute atomic E-state index is 0.0587. The van der Waals surface area contributed by atoms with Gasteiger partial charge in [0, 0.05) is 12.2 Å². The molecule has 2 aromatic carbocycles. The zero-order valence-electron chi connectivity index (χ0n) is 19.5. The third kappa shape index (κ3) is 6.44. The number of carbonyl (C=O) groups is 2. The third-order valence-corrected chi connectivity index (χ3v) is 6.26. The van der Waals surface area contributed by atoms with E-state index in [-0.39, 0.29) is 29.7 Å². The predicted octanol–water partition coefficient (Wildman–Crippen LogP) is 3.91. The van der Waals surface area contributed by atoms with Crippen LogP contribution in [0.3, 0.4) is 0 Å². The van der Waals surface area contributed by atoms with Crippen LogP contribution in [0.1, 0.15) is 31.4 Å². The predicted molar refractivity (Wildman–Crippen MR) is 134 cm³/mol. The summed E-state index contributed by atoms with van der Waals surface area (Å²) >= 11 is 1.20. The first-order chi connectivity index (χ1) is 15.8. The number of hydrogen-bond donors (Lipinski definition) is 2. The molecule has 8 heteroatoms. The number of para-hydroxylation sites is 2. The number of rotatable bonds is 9. The van der Waals surface area contributed by atoms with E-state index in [0.29, 0.717) is 28.5 Å². The monoisotopic (exact) mass is 466 g/mol. The molecule has 0 fully saturated rings. The number of amides is 2. The first-order valence-electron chi connectivity index (χ1n) is 11.0. The van der Waals surface area contributed by atoms with Crippen LogP contribution in [0.4, 0.5) is 5.69 Å². The highest BCUT2D eigenvalue weighted by Crippen LogP contribution is 2.20. The van der Waals surface area contributed by atoms with E-state index in [4.69, 9.17) is 0 Å². The van der Waals surface area contributed by atoms with Crippen LogP contribution in [0.15, 0.2) is 52.4 Å². The molecule has 0 atom stereocenters. The van der Waals surface area contributed by atoms with Gasteiger partial charge in [-0.3, -0.25) is 19.0 Å². The molecule has 0 spiro atoms. The average Bonchev–Trinajstić information content (AvgIpc) is 2.78. The standard InChI is InChI=1S/C25H30N4O3S/c1-16(2)12-13-29-24(32)19-10-5-6-11-20(19)27-25(29)33-15-22(31)26-14-21(30)28-23-17(3)8-7-9-18(23)4/h5-11,16H,12-15H2,1-4H3,(H,26,31)(H,28,30). The van der Waals surface area contributed by atoms with Crippen LogP contribution in [0.5, 0.6) is 0 Å². The van der Waals surface area contributed by atoms with Gasteiger partial charge < -0.3 is 10.6 Å². The summed E-state index contributed by atoms with van der Waals surface area (Å²) in [6, 6.07) is 13.0. The van der Waals surface area contributed by atoms with Crippen LogP contribution in [0, 0.1) is 19.8 Å². The van der Waals surface area contributed by atoms with E-state index in [0.717, 1.165) is 23.2 Å². The van der Waals surface area contributed by atoms with E-state index < -0.39 is 0 Å². The smallest absolute Gasteiger partial charge is 0.262 e. The normalized spacial score (nSPS) is 11.1. The van der Waals surface area contributed by atoms with Crippen LogP contribution < -0.4 is 16.2 Å². The summed E-state index contributed by atoms with van der Waals surface area (Å²) in [5, 5.41) is 6.58. The fourth-order valence-corrected chi connectivity index (χ4v) is 4.25. The zero-order valence-corrected chi connectivity index (χ0v) is 20.3. The molecule has 0 saturated heterocycles. The second-order valence-electron chi connectivity index (χ2n) is 8.43. The van der Waals surface area contributed by atoms with E-state index >= 15 is 0 Å². The molecule has 174 valence electrons. The van der Waals surface area contributed by atoms with Gasteiger partial charge in [-0.25, -0.2) is 4.98 Å². The largest absolute Gasteiger partial charge is 0.346 e. The zero-order chi connectivity index (χ0) is 24.0. The van der Waals surface area contributed by atoms with Crippen molar-refractivity contribution in [3.8, 4) is 0 Å². The van der Waals surface area contributed by atoms with Crippen molar-refractivity contribution in [3.63, 3.8) is 0 Å². The number of fused-ring (bicyclic) bond motifs is 1. The summed E-state index contributed by atoms with van der Waals surface area (Å²) in [6.07, 6.45) is 0.832. The number of nitrogens with zero attached hydrogens (tertiary/aromatic N) is 2. The van der Waals surface area contributed by atoms with E-state index in [1.54, 1.807) is 16.7 Å². The summed E-state index contributed by atoms with van der Waals surface area (Å²) < 4.78 is 1.65. The molecule has 0 bridgehead atoms. The Kier molecular flexibility index (Phi) is 8.27. The van der Waals surface area contributed by atoms with Gasteiger partial charge in [-0.2, -0.15) is 0 Å². The first-order valence-corrected chi connectivity index (χ1v) is 12.0. The highest BCUT2D eigenvalue weighted by atomic mass is 32.2. The number of thioether (sulfide) groups is 1. The molecule has 7 nitrogen and oxygen atoms in total. The third-order valence-electron chi connectivity index (χ3n) is 5.28. The van der Waals surface area contributed by atoms with Crippen molar-refractivity contribution < 1.29 is 9.59 Å². The summed E-state index contributed by atoms with van der Waals surface area (Å²) in [5.41, 5.74) is 3.20. The van der Waals surface area contributed by atoms with Crippen molar-refractivity contribution in [2.45, 2.75) is 45.8 Å². The number of aromatic nitrogens is 2. The molecule has 0 unspecified atom stereocenters. The molecule has 0 aliphatic rings. The molecule has 2 N–H and O–H groups in total. The number of aryl methyl sites for hydroxylation is 2. The Labute approximate surface area is 198 Å². The Morgan fingerprint density at radius 1 is 1.03 bits per heavy atom. The number of nitrogens with one attached hydrogen (secondary N) is 2. The number of anilines is 1. The molecule has 0 radical (unpaired) electrons. The lowest BCUT2D eigenvalue weighted by molar-refractivity contribution is -0.122. The topological polar surface area (TPSA) is 93.1 Å². The van der Waals surface area contributed by atoms with Crippen molar-refractivity contribution in [1.82, 2.24) is 14.9 Å². The van der Waals surface area contributed by atoms with Crippen LogP contribution in [-0.2, 0) is 16.1 Å². The van der Waals surface area contributed by atoms with Gasteiger partial charge in [0.05, 0.1) is 23.2 Å². The molecule has 33 heavy (non-hydrogen) atoms. The maximum atomic E-state index is 13.0. The summed E-state index contributed by atoms with van der Waals surface area (Å²) in [4.78, 5) is 42.3. The van der Waals surface area contributed by atoms with Crippen molar-refractivity contribution in [3.05, 3.63) is 63.9 Å². The quantitative estimate of drug-likeness (QED) is 0.368. The SMILES string of the molecule is Cc1cccc(C)c1NC(=O)CNC(=O)CSc1nc2ccccc2c(=O)n1CCC(C)C. The molecule has 0 aliphatic heterocycles. The molecule has 0 aliphatic carbocycles. The van der Waals surface area contributed by atoms with Crippen LogP contribution in [0.25, 0.3) is 10.9 Å². The van der Waals surface area contributed by atoms with Crippen LogP contribution >= 0.6 is 11.8 Å². The Hall–Kier alpha value is -3.13. The maximum Gasteiger partial charge on any atom is 0.262 e. The maximum absolute atomic E-state index is 13.0. The number of hydrogen-bond acceptors (Lipinski definition) is 5. The Balaban J connectivity index is 1.64. The lowest BCUT2D eigenvalue weighted by atomic mass is 10.1. The van der Waals surface area contributed by atoms with Gasteiger partial charge in [-0.05, 0) is 49.4 Å². The molecule has 1 heterocycles. The fourth-order valence-electron chi connectivity index (χ4n) is 3.40. The summed E-state index contributed by atoms with van der Waals surface area (Å²) in [6.45, 7) is 8.46. The van der Waals surface area contributed by atoms with E-state index in [1.165, 1.54) is 11.8 Å². The van der Waals surface area contributed by atoms with Gasteiger partial charge in [-0.15, -0.1) is 0 Å². The number of benzene rings is 2. The van der Waals surface area contributed by atoms with Crippen molar-refractivity contribution >= 4 is 40.2 Å². The molecular formula is C25H30N4O3S. The molecular weight excluding hydrogens is 436 g/mol. The Morgan fingerprint density at radius 2 is 1.73 bits per heavy atom. The fraction of sp³-hybridized carbons (Fsp3) is 0.360. The van der Waals surface area contributed by atoms with Crippen LogP contribution in [-0.4, -0.2) is 33.7 Å². The van der Waals surface area contributed by atoms with Gasteiger partial charge >= 0.3 is 0 Å². The van der Waals surface area contributed by atoms with Gasteiger partial charge in [0.25, 0.3) is 5.56 Å². The Bertz CT molecular complexity index is 1200. The van der Waals surface area contributed by atoms with Gasteiger partial charge in [-0.1, -0.05) is 55.9 Å². The van der Waals surface area contributed by atoms with E-state index in [9.17, 15) is 14.4 Å². The first kappa shape index (κ1) is 24.5. The minimum atomic E-state index is -0.297. The molecule has 2 amide bonds. The molecule has 1 aromatic heterocycles.